The molecule has 8 aromatic rings. The van der Waals surface area contributed by atoms with Gasteiger partial charge < -0.3 is 19.9 Å². The second kappa shape index (κ2) is 12.8. The molecule has 49 heavy (non-hydrogen) atoms. The molecule has 0 aromatic carbocycles. The summed E-state index contributed by atoms with van der Waals surface area (Å²) in [5, 5.41) is 3.91. The molecular formula is C40H28N8Zn. The van der Waals surface area contributed by atoms with Gasteiger partial charge in [0.1, 0.15) is 0 Å². The van der Waals surface area contributed by atoms with E-state index in [1.54, 1.807) is 0 Å². The van der Waals surface area contributed by atoms with E-state index in [9.17, 15) is 0 Å². The van der Waals surface area contributed by atoms with E-state index in [2.05, 4.69) is 88.4 Å². The van der Waals surface area contributed by atoms with Crippen LogP contribution in [-0.4, -0.2) is 39.9 Å². The normalized spacial score (nSPS) is 12.6. The Balaban J connectivity index is 0.00000348. The van der Waals surface area contributed by atoms with Gasteiger partial charge in [0.2, 0.25) is 0 Å². The smallest absolute Gasteiger partial charge is 0.0485 e. The summed E-state index contributed by atoms with van der Waals surface area (Å²) in [6, 6.07) is 33.5. The molecule has 0 amide bonds. The molecule has 0 saturated carbocycles. The van der Waals surface area contributed by atoms with E-state index in [0.717, 1.165) is 88.7 Å². The quantitative estimate of drug-likeness (QED) is 0.211. The van der Waals surface area contributed by atoms with Crippen LogP contribution in [0.5, 0.6) is 0 Å². The number of aromatic amines is 4. The van der Waals surface area contributed by atoms with E-state index >= 15 is 0 Å². The van der Waals surface area contributed by atoms with Crippen LogP contribution in [0.4, 0.5) is 0 Å². The SMILES string of the molecule is [Zn].c1cc(C2=c3ccc([nH]3)=C(c3ccncc3)c3ccc([nH]3)C(c3ccncc3)=c3ccc([nH]3)=C(c3ccncc3)c3ccc2[nH]3)ccn1. The largest absolute Gasteiger partial charge is 0.354 e. The molecule has 0 fully saturated rings. The molecular weight excluding hydrogens is 658 g/mol. The molecule has 9 rings (SSSR count). The molecule has 1 aliphatic rings. The zero-order chi connectivity index (χ0) is 31.9. The van der Waals surface area contributed by atoms with Gasteiger partial charge in [-0.3, -0.25) is 19.9 Å². The fraction of sp³-hybridized carbons (Fsp3) is 0. The van der Waals surface area contributed by atoms with Gasteiger partial charge in [-0.15, -0.1) is 0 Å². The first-order valence-corrected chi connectivity index (χ1v) is 15.7. The maximum Gasteiger partial charge on any atom is 0.0485 e. The average molecular weight is 686 g/mol. The second-order valence-electron chi connectivity index (χ2n) is 11.6. The van der Waals surface area contributed by atoms with E-state index in [0.29, 0.717) is 0 Å². The minimum atomic E-state index is 0. The first-order valence-electron chi connectivity index (χ1n) is 15.7. The number of nitrogens with one attached hydrogen (secondary N) is 4. The number of H-pyrrole nitrogens is 4. The molecule has 8 nitrogen and oxygen atoms in total. The van der Waals surface area contributed by atoms with Crippen LogP contribution in [0.3, 0.4) is 0 Å². The van der Waals surface area contributed by atoms with E-state index < -0.39 is 0 Å². The molecule has 230 valence electrons. The summed E-state index contributed by atoms with van der Waals surface area (Å²) in [5.41, 5.74) is 12.3. The zero-order valence-corrected chi connectivity index (χ0v) is 29.3. The van der Waals surface area contributed by atoms with Crippen LogP contribution < -0.4 is 21.4 Å². The Morgan fingerprint density at radius 1 is 0.265 bits per heavy atom. The number of hydrogen-bond acceptors (Lipinski definition) is 4. The van der Waals surface area contributed by atoms with Crippen molar-refractivity contribution in [2.24, 2.45) is 0 Å². The Hall–Kier alpha value is -6.18. The number of aromatic nitrogens is 8. The Labute approximate surface area is 293 Å². The standard InChI is InChI=1S/C40H28N8.Zn/c1-2-30-38(26-11-19-42-20-12-26)32-5-6-34(47-32)40(28-15-23-44-24-16-28)36-8-7-35(48-36)39(27-13-21-43-22-14-27)33-4-3-31(46-33)37(29(1)45-30)25-9-17-41-18-10-25;/h1-24,45-48H;. The maximum atomic E-state index is 4.30. The van der Waals surface area contributed by atoms with Crippen LogP contribution in [0, 0.1) is 0 Å². The molecule has 0 aliphatic carbocycles. The summed E-state index contributed by atoms with van der Waals surface area (Å²) >= 11 is 0. The Morgan fingerprint density at radius 3 is 0.714 bits per heavy atom. The van der Waals surface area contributed by atoms with Gasteiger partial charge in [0.05, 0.1) is 0 Å². The third-order valence-corrected chi connectivity index (χ3v) is 8.77. The molecule has 8 aromatic heterocycles. The predicted octanol–water partition coefficient (Wildman–Crippen LogP) is 3.88. The first-order chi connectivity index (χ1) is 23.8. The van der Waals surface area contributed by atoms with Gasteiger partial charge in [-0.25, -0.2) is 0 Å². The number of fused-ring (bicyclic) bond motifs is 8. The van der Waals surface area contributed by atoms with Crippen LogP contribution in [0.15, 0.2) is 147 Å². The number of pyridine rings is 4. The van der Waals surface area contributed by atoms with Crippen LogP contribution in [0.2, 0.25) is 0 Å². The van der Waals surface area contributed by atoms with Gasteiger partial charge >= 0.3 is 0 Å². The van der Waals surface area contributed by atoms with Gasteiger partial charge in [0.15, 0.2) is 0 Å². The molecule has 0 spiro atoms. The molecule has 0 saturated heterocycles. The van der Waals surface area contributed by atoms with Crippen molar-refractivity contribution in [3.63, 3.8) is 0 Å². The molecule has 0 radical (unpaired) electrons. The van der Waals surface area contributed by atoms with Crippen LogP contribution in [0.1, 0.15) is 45.0 Å². The molecule has 4 N–H and O–H groups in total. The van der Waals surface area contributed by atoms with Gasteiger partial charge in [-0.1, -0.05) is 0 Å². The monoisotopic (exact) mass is 684 g/mol. The van der Waals surface area contributed by atoms with Gasteiger partial charge in [0.25, 0.3) is 0 Å². The Kier molecular flexibility index (Phi) is 7.88. The van der Waals surface area contributed by atoms with E-state index in [-0.39, 0.29) is 19.5 Å². The van der Waals surface area contributed by atoms with Gasteiger partial charge in [0, 0.05) is 136 Å². The number of rotatable bonds is 4. The minimum Gasteiger partial charge on any atom is -0.354 e. The number of nitrogens with zero attached hydrogens (tertiary/aromatic N) is 4. The van der Waals surface area contributed by atoms with Crippen LogP contribution >= 0.6 is 0 Å². The summed E-state index contributed by atoms with van der Waals surface area (Å²) < 4.78 is 0. The summed E-state index contributed by atoms with van der Waals surface area (Å²) in [6.45, 7) is 0. The van der Waals surface area contributed by atoms with Crippen molar-refractivity contribution in [3.8, 4) is 0 Å². The van der Waals surface area contributed by atoms with Crippen molar-refractivity contribution in [1.82, 2.24) is 39.9 Å². The molecule has 8 bridgehead atoms. The molecule has 9 heteroatoms. The van der Waals surface area contributed by atoms with Crippen LogP contribution in [-0.2, 0) is 19.5 Å². The van der Waals surface area contributed by atoms with E-state index in [4.69, 9.17) is 0 Å². The average Bonchev–Trinajstić information content (AvgIpc) is 3.98. The van der Waals surface area contributed by atoms with Crippen molar-refractivity contribution in [2.75, 3.05) is 0 Å². The van der Waals surface area contributed by atoms with Crippen molar-refractivity contribution < 1.29 is 19.5 Å². The fourth-order valence-electron chi connectivity index (χ4n) is 6.65. The number of hydrogen-bond donors (Lipinski definition) is 4. The Morgan fingerprint density at radius 2 is 0.490 bits per heavy atom. The molecule has 1 aliphatic heterocycles. The minimum absolute atomic E-state index is 0. The third kappa shape index (κ3) is 5.50. The van der Waals surface area contributed by atoms with E-state index in [1.165, 1.54) is 0 Å². The third-order valence-electron chi connectivity index (χ3n) is 8.77. The van der Waals surface area contributed by atoms with Crippen LogP contribution in [0.25, 0.3) is 22.3 Å². The van der Waals surface area contributed by atoms with Crippen molar-refractivity contribution in [2.45, 2.75) is 0 Å². The Bertz CT molecular complexity index is 2290. The molecule has 9 heterocycles. The summed E-state index contributed by atoms with van der Waals surface area (Å²) in [4.78, 5) is 32.4. The van der Waals surface area contributed by atoms with E-state index in [1.807, 2.05) is 98.1 Å². The molecule has 0 unspecified atom stereocenters. The predicted molar refractivity (Wildman–Crippen MR) is 185 cm³/mol. The first kappa shape index (κ1) is 30.2. The topological polar surface area (TPSA) is 115 Å². The summed E-state index contributed by atoms with van der Waals surface area (Å²) in [5.74, 6) is 0. The fourth-order valence-corrected chi connectivity index (χ4v) is 6.65. The second-order valence-corrected chi connectivity index (χ2v) is 11.6. The summed E-state index contributed by atoms with van der Waals surface area (Å²) in [6.07, 6.45) is 14.6. The maximum absolute atomic E-state index is 4.30. The van der Waals surface area contributed by atoms with Crippen molar-refractivity contribution in [1.29, 1.82) is 0 Å². The summed E-state index contributed by atoms with van der Waals surface area (Å²) in [7, 11) is 0. The van der Waals surface area contributed by atoms with Crippen molar-refractivity contribution in [3.05, 3.63) is 213 Å². The van der Waals surface area contributed by atoms with Gasteiger partial charge in [-0.05, 0) is 119 Å². The van der Waals surface area contributed by atoms with Crippen molar-refractivity contribution >= 4 is 22.3 Å². The molecule has 0 atom stereocenters. The zero-order valence-electron chi connectivity index (χ0n) is 26.4. The van der Waals surface area contributed by atoms with Gasteiger partial charge in [-0.2, -0.15) is 0 Å².